The van der Waals surface area contributed by atoms with Gasteiger partial charge in [0.05, 0.1) is 44.7 Å². The van der Waals surface area contributed by atoms with Gasteiger partial charge in [0.1, 0.15) is 11.6 Å². The van der Waals surface area contributed by atoms with Crippen molar-refractivity contribution in [1.29, 1.82) is 0 Å². The van der Waals surface area contributed by atoms with Crippen LogP contribution >= 0.6 is 11.8 Å². The fourth-order valence-electron chi connectivity index (χ4n) is 4.66. The zero-order valence-corrected chi connectivity index (χ0v) is 24.6. The monoisotopic (exact) mass is 572 g/mol. The molecule has 0 atom stereocenters. The first-order valence-corrected chi connectivity index (χ1v) is 14.2. The van der Waals surface area contributed by atoms with Crippen molar-refractivity contribution in [3.8, 4) is 28.6 Å². The summed E-state index contributed by atoms with van der Waals surface area (Å²) in [5.41, 5.74) is 4.37. The van der Waals surface area contributed by atoms with E-state index in [9.17, 15) is 4.39 Å². The number of methoxy groups -OCH3 is 2. The van der Waals surface area contributed by atoms with E-state index < -0.39 is 5.41 Å². The highest BCUT2D eigenvalue weighted by molar-refractivity contribution is 7.99. The molecular formula is C32H33FN4O3S. The summed E-state index contributed by atoms with van der Waals surface area (Å²) in [4.78, 5) is 9.07. The topological polar surface area (TPSA) is 63.3 Å². The second kappa shape index (κ2) is 12.1. The lowest BCUT2D eigenvalue weighted by atomic mass is 9.81. The first-order valence-electron chi connectivity index (χ1n) is 13.2. The number of benzene rings is 3. The van der Waals surface area contributed by atoms with Crippen LogP contribution in [-0.2, 0) is 5.41 Å². The minimum absolute atomic E-state index is 0.286. The Morgan fingerprint density at radius 2 is 1.59 bits per heavy atom. The molecule has 0 aliphatic carbocycles. The van der Waals surface area contributed by atoms with Crippen molar-refractivity contribution >= 4 is 11.8 Å². The molecule has 0 saturated carbocycles. The molecule has 5 rings (SSSR count). The minimum atomic E-state index is -0.453. The van der Waals surface area contributed by atoms with Crippen LogP contribution in [0.5, 0.6) is 17.2 Å². The Kier molecular flexibility index (Phi) is 8.35. The molecule has 0 aliphatic rings. The molecule has 0 unspecified atom stereocenters. The molecule has 0 saturated heterocycles. The lowest BCUT2D eigenvalue weighted by molar-refractivity contribution is 0.344. The molecule has 5 aromatic rings. The third-order valence-corrected chi connectivity index (χ3v) is 7.91. The number of aryl methyl sites for hydroxylation is 1. The molecule has 0 N–H and O–H groups in total. The van der Waals surface area contributed by atoms with Crippen LogP contribution < -0.4 is 14.2 Å². The highest BCUT2D eigenvalue weighted by Crippen LogP contribution is 2.39. The Bertz CT molecular complexity index is 1610. The molecular weight excluding hydrogens is 539 g/mol. The fraction of sp³-hybridized carbons (Fsp3) is 0.250. The Morgan fingerprint density at radius 1 is 0.878 bits per heavy atom. The summed E-state index contributed by atoms with van der Waals surface area (Å²) in [7, 11) is 3.25. The van der Waals surface area contributed by atoms with Gasteiger partial charge in [-0.3, -0.25) is 4.57 Å². The van der Waals surface area contributed by atoms with E-state index in [2.05, 4.69) is 23.4 Å². The number of thioether (sulfide) groups is 1. The highest BCUT2D eigenvalue weighted by atomic mass is 32.2. The van der Waals surface area contributed by atoms with Crippen molar-refractivity contribution in [2.45, 2.75) is 31.3 Å². The number of rotatable bonds is 11. The van der Waals surface area contributed by atoms with E-state index >= 15 is 0 Å². The quantitative estimate of drug-likeness (QED) is 0.125. The van der Waals surface area contributed by atoms with Crippen molar-refractivity contribution in [3.63, 3.8) is 0 Å². The molecule has 0 radical (unpaired) electrons. The summed E-state index contributed by atoms with van der Waals surface area (Å²) < 4.78 is 34.9. The normalized spacial score (nSPS) is 11.5. The Labute approximate surface area is 243 Å². The van der Waals surface area contributed by atoms with Crippen LogP contribution in [0.3, 0.4) is 0 Å². The largest absolute Gasteiger partial charge is 0.493 e. The maximum atomic E-state index is 13.8. The van der Waals surface area contributed by atoms with Crippen LogP contribution in [0.2, 0.25) is 0 Å². The molecule has 2 heterocycles. The molecule has 7 nitrogen and oxygen atoms in total. The van der Waals surface area contributed by atoms with Gasteiger partial charge in [-0.1, -0.05) is 31.7 Å². The predicted molar refractivity (Wildman–Crippen MR) is 160 cm³/mol. The summed E-state index contributed by atoms with van der Waals surface area (Å²) in [5.74, 6) is 2.51. The first kappa shape index (κ1) is 28.3. The maximum Gasteiger partial charge on any atom is 0.172 e. The van der Waals surface area contributed by atoms with Crippen molar-refractivity contribution in [2.75, 3.05) is 26.6 Å². The Morgan fingerprint density at radius 3 is 2.24 bits per heavy atom. The van der Waals surface area contributed by atoms with Crippen LogP contribution in [0.4, 0.5) is 4.39 Å². The molecule has 212 valence electrons. The average molecular weight is 573 g/mol. The molecule has 3 aromatic carbocycles. The van der Waals surface area contributed by atoms with Crippen molar-refractivity contribution in [2.24, 2.45) is 0 Å². The standard InChI is InChI=1S/C32H33FN4O3S/c1-22-20-36(21-35-22)25-11-13-27(14-12-25)40-16-17-41-31-34-19-30(37(31)26-9-7-24(33)8-10-26)32(2,3)23-6-15-28(38-4)29(18-23)39-5/h6-15,18-21H,16-17H2,1-5H3. The zero-order valence-electron chi connectivity index (χ0n) is 23.8. The van der Waals surface area contributed by atoms with Gasteiger partial charge in [0.15, 0.2) is 16.7 Å². The van der Waals surface area contributed by atoms with Crippen LogP contribution in [0, 0.1) is 12.7 Å². The number of nitrogens with zero attached hydrogens (tertiary/aromatic N) is 4. The number of hydrogen-bond acceptors (Lipinski definition) is 6. The van der Waals surface area contributed by atoms with Gasteiger partial charge in [0.2, 0.25) is 0 Å². The molecule has 2 aromatic heterocycles. The summed E-state index contributed by atoms with van der Waals surface area (Å²) >= 11 is 1.59. The zero-order chi connectivity index (χ0) is 29.0. The third-order valence-electron chi connectivity index (χ3n) is 6.99. The molecule has 0 spiro atoms. The summed E-state index contributed by atoms with van der Waals surface area (Å²) in [6, 6.07) is 20.3. The number of hydrogen-bond donors (Lipinski definition) is 0. The van der Waals surface area contributed by atoms with Gasteiger partial charge in [0.25, 0.3) is 0 Å². The lowest BCUT2D eigenvalue weighted by Crippen LogP contribution is -2.23. The van der Waals surface area contributed by atoms with Gasteiger partial charge >= 0.3 is 0 Å². The van der Waals surface area contributed by atoms with Crippen molar-refractivity contribution in [1.82, 2.24) is 19.1 Å². The highest BCUT2D eigenvalue weighted by Gasteiger charge is 2.30. The predicted octanol–water partition coefficient (Wildman–Crippen LogP) is 7.02. The van der Waals surface area contributed by atoms with E-state index in [-0.39, 0.29) is 5.82 Å². The smallest absolute Gasteiger partial charge is 0.172 e. The van der Waals surface area contributed by atoms with E-state index in [0.717, 1.165) is 39.2 Å². The van der Waals surface area contributed by atoms with Crippen LogP contribution in [0.1, 0.15) is 30.8 Å². The number of halogens is 1. The fourth-order valence-corrected chi connectivity index (χ4v) is 5.47. The molecule has 0 amide bonds. The van der Waals surface area contributed by atoms with Crippen LogP contribution in [-0.4, -0.2) is 45.7 Å². The minimum Gasteiger partial charge on any atom is -0.493 e. The summed E-state index contributed by atoms with van der Waals surface area (Å²) in [6.07, 6.45) is 5.67. The lowest BCUT2D eigenvalue weighted by Gasteiger charge is -2.28. The molecule has 41 heavy (non-hydrogen) atoms. The molecule has 0 aliphatic heterocycles. The van der Waals surface area contributed by atoms with E-state index in [0.29, 0.717) is 23.9 Å². The van der Waals surface area contributed by atoms with E-state index in [1.54, 1.807) is 44.4 Å². The average Bonchev–Trinajstić information content (AvgIpc) is 3.62. The molecule has 0 fully saturated rings. The third kappa shape index (κ3) is 6.10. The second-order valence-electron chi connectivity index (χ2n) is 10.0. The van der Waals surface area contributed by atoms with Gasteiger partial charge in [-0.25, -0.2) is 14.4 Å². The van der Waals surface area contributed by atoms with Crippen molar-refractivity contribution in [3.05, 3.63) is 108 Å². The molecule has 0 bridgehead atoms. The van der Waals surface area contributed by atoms with E-state index in [4.69, 9.17) is 19.2 Å². The van der Waals surface area contributed by atoms with Crippen molar-refractivity contribution < 1.29 is 18.6 Å². The van der Waals surface area contributed by atoms with E-state index in [1.165, 1.54) is 12.1 Å². The van der Waals surface area contributed by atoms with Crippen LogP contribution in [0.15, 0.2) is 90.6 Å². The Balaban J connectivity index is 1.35. The van der Waals surface area contributed by atoms with Crippen LogP contribution in [0.25, 0.3) is 11.4 Å². The second-order valence-corrected chi connectivity index (χ2v) is 11.1. The van der Waals surface area contributed by atoms with Gasteiger partial charge in [-0.2, -0.15) is 0 Å². The summed E-state index contributed by atoms with van der Waals surface area (Å²) in [5, 5.41) is 0.801. The van der Waals surface area contributed by atoms with Gasteiger partial charge in [0, 0.05) is 28.7 Å². The van der Waals surface area contributed by atoms with Gasteiger partial charge < -0.3 is 18.8 Å². The number of aromatic nitrogens is 4. The number of ether oxygens (including phenoxy) is 3. The Hall–Kier alpha value is -4.24. The maximum absolute atomic E-state index is 13.8. The number of imidazole rings is 2. The summed E-state index contributed by atoms with van der Waals surface area (Å²) in [6.45, 7) is 6.74. The van der Waals surface area contributed by atoms with Gasteiger partial charge in [-0.15, -0.1) is 0 Å². The first-order chi connectivity index (χ1) is 19.8. The van der Waals surface area contributed by atoms with Gasteiger partial charge in [-0.05, 0) is 73.2 Å². The SMILES string of the molecule is COc1ccc(C(C)(C)c2cnc(SCCOc3ccc(-n4cnc(C)c4)cc3)n2-c2ccc(F)cc2)cc1OC. The molecule has 9 heteroatoms. The van der Waals surface area contributed by atoms with E-state index in [1.807, 2.05) is 66.3 Å².